The fourth-order valence-corrected chi connectivity index (χ4v) is 4.70. The van der Waals surface area contributed by atoms with Gasteiger partial charge in [-0.15, -0.1) is 11.3 Å². The van der Waals surface area contributed by atoms with Crippen LogP contribution in [0, 0.1) is 0 Å². The predicted molar refractivity (Wildman–Crippen MR) is 126 cm³/mol. The van der Waals surface area contributed by atoms with E-state index in [4.69, 9.17) is 9.47 Å². The average Bonchev–Trinajstić information content (AvgIpc) is 3.21. The number of hydrogen-bond acceptors (Lipinski definition) is 5. The number of ether oxygens (including phenoxy) is 2. The summed E-state index contributed by atoms with van der Waals surface area (Å²) in [6.07, 6.45) is 3.68. The summed E-state index contributed by atoms with van der Waals surface area (Å²) in [5, 5.41) is 1.20. The summed E-state index contributed by atoms with van der Waals surface area (Å²) in [6, 6.07) is 20.2. The number of carbonyl (C=O) groups excluding carboxylic acids is 1. The van der Waals surface area contributed by atoms with Crippen molar-refractivity contribution in [1.29, 1.82) is 0 Å². The van der Waals surface area contributed by atoms with E-state index < -0.39 is 0 Å². The third-order valence-corrected chi connectivity index (χ3v) is 6.09. The van der Waals surface area contributed by atoms with E-state index >= 15 is 0 Å². The van der Waals surface area contributed by atoms with Gasteiger partial charge in [0.2, 0.25) is 5.88 Å². The summed E-state index contributed by atoms with van der Waals surface area (Å²) in [5.74, 6) is 0.382. The molecule has 4 nitrogen and oxygen atoms in total. The number of hydrogen-bond donors (Lipinski definition) is 0. The summed E-state index contributed by atoms with van der Waals surface area (Å²) in [7, 11) is 0. The van der Waals surface area contributed by atoms with Gasteiger partial charge in [-0.05, 0) is 53.6 Å². The van der Waals surface area contributed by atoms with Crippen molar-refractivity contribution in [1.82, 2.24) is 4.98 Å². The van der Waals surface area contributed by atoms with Crippen LogP contribution in [0.25, 0.3) is 21.2 Å². The standard InChI is InChI=1S/C26H25NO3S/c1-3-13-30-24-12-11-18(17-27-24)14-22-16-20-8-6-10-23(25(20)31-22)19-7-5-9-21(15-19)26(28)29-4-2/h5-12,15-17H,3-4,13-14H2,1-2H3. The number of nitrogens with zero attached hydrogens (tertiary/aromatic N) is 1. The van der Waals surface area contributed by atoms with Crippen LogP contribution in [0.5, 0.6) is 5.88 Å². The van der Waals surface area contributed by atoms with Gasteiger partial charge in [-0.3, -0.25) is 0 Å². The Balaban J connectivity index is 1.60. The molecule has 158 valence electrons. The van der Waals surface area contributed by atoms with Gasteiger partial charge in [-0.2, -0.15) is 0 Å². The normalized spacial score (nSPS) is 10.9. The summed E-state index contributed by atoms with van der Waals surface area (Å²) >= 11 is 1.78. The molecule has 0 amide bonds. The lowest BCUT2D eigenvalue weighted by Gasteiger charge is -2.06. The Bertz CT molecular complexity index is 1180. The summed E-state index contributed by atoms with van der Waals surface area (Å²) in [4.78, 5) is 17.8. The van der Waals surface area contributed by atoms with Crippen LogP contribution in [0.2, 0.25) is 0 Å². The van der Waals surface area contributed by atoms with E-state index in [1.54, 1.807) is 17.4 Å². The molecule has 0 bridgehead atoms. The van der Waals surface area contributed by atoms with Gasteiger partial charge in [0.1, 0.15) is 0 Å². The maximum absolute atomic E-state index is 12.1. The predicted octanol–water partition coefficient (Wildman–Crippen LogP) is 6.52. The molecule has 0 aliphatic rings. The van der Waals surface area contributed by atoms with E-state index in [0.29, 0.717) is 24.7 Å². The Morgan fingerprint density at radius 2 is 1.90 bits per heavy atom. The number of carbonyl (C=O) groups is 1. The molecule has 2 aromatic heterocycles. The number of aromatic nitrogens is 1. The van der Waals surface area contributed by atoms with Gasteiger partial charge in [0.15, 0.2) is 0 Å². The zero-order chi connectivity index (χ0) is 21.6. The monoisotopic (exact) mass is 431 g/mol. The fraction of sp³-hybridized carbons (Fsp3) is 0.231. The van der Waals surface area contributed by atoms with E-state index in [-0.39, 0.29) is 5.97 Å². The van der Waals surface area contributed by atoms with Crippen LogP contribution in [0.1, 0.15) is 41.1 Å². The first kappa shape index (κ1) is 21.1. The summed E-state index contributed by atoms with van der Waals surface area (Å²) in [5.41, 5.74) is 3.87. The topological polar surface area (TPSA) is 48.4 Å². The molecule has 2 heterocycles. The number of rotatable bonds is 8. The molecule has 4 aromatic rings. The second-order valence-corrected chi connectivity index (χ2v) is 8.40. The van der Waals surface area contributed by atoms with Gasteiger partial charge >= 0.3 is 5.97 Å². The van der Waals surface area contributed by atoms with Crippen LogP contribution in [-0.4, -0.2) is 24.2 Å². The largest absolute Gasteiger partial charge is 0.478 e. The SMILES string of the molecule is CCCOc1ccc(Cc2cc3cccc(-c4cccc(C(=O)OCC)c4)c3s2)cn1. The van der Waals surface area contributed by atoms with Crippen LogP contribution in [0.4, 0.5) is 0 Å². The van der Waals surface area contributed by atoms with Crippen LogP contribution >= 0.6 is 11.3 Å². The lowest BCUT2D eigenvalue weighted by atomic mass is 10.0. The zero-order valence-corrected chi connectivity index (χ0v) is 18.6. The Morgan fingerprint density at radius 3 is 2.68 bits per heavy atom. The second-order valence-electron chi connectivity index (χ2n) is 7.27. The van der Waals surface area contributed by atoms with Crippen LogP contribution in [-0.2, 0) is 11.2 Å². The highest BCUT2D eigenvalue weighted by Gasteiger charge is 2.12. The lowest BCUT2D eigenvalue weighted by molar-refractivity contribution is 0.0526. The van der Waals surface area contributed by atoms with Crippen LogP contribution in [0.3, 0.4) is 0 Å². The van der Waals surface area contributed by atoms with Crippen molar-refractivity contribution in [2.24, 2.45) is 0 Å². The number of esters is 1. The molecule has 0 atom stereocenters. The molecule has 0 aliphatic carbocycles. The third kappa shape index (κ3) is 4.94. The lowest BCUT2D eigenvalue weighted by Crippen LogP contribution is -2.04. The number of fused-ring (bicyclic) bond motifs is 1. The molecule has 0 saturated carbocycles. The van der Waals surface area contributed by atoms with Crippen molar-refractivity contribution in [3.8, 4) is 17.0 Å². The second kappa shape index (κ2) is 9.75. The smallest absolute Gasteiger partial charge is 0.338 e. The highest BCUT2D eigenvalue weighted by atomic mass is 32.1. The number of benzene rings is 2. The first-order valence-corrected chi connectivity index (χ1v) is 11.4. The minimum absolute atomic E-state index is 0.290. The first-order valence-electron chi connectivity index (χ1n) is 10.5. The molecule has 0 unspecified atom stereocenters. The maximum atomic E-state index is 12.1. The minimum Gasteiger partial charge on any atom is -0.478 e. The Labute approximate surface area is 186 Å². The molecule has 0 fully saturated rings. The molecule has 4 rings (SSSR count). The minimum atomic E-state index is -0.290. The number of thiophene rings is 1. The van der Waals surface area contributed by atoms with Gasteiger partial charge in [-0.1, -0.05) is 43.3 Å². The first-order chi connectivity index (χ1) is 15.2. The fourth-order valence-electron chi connectivity index (χ4n) is 3.47. The van der Waals surface area contributed by atoms with Crippen molar-refractivity contribution in [3.63, 3.8) is 0 Å². The van der Waals surface area contributed by atoms with Gasteiger partial charge in [0.25, 0.3) is 0 Å². The molecule has 0 spiro atoms. The molecule has 0 saturated heterocycles. The van der Waals surface area contributed by atoms with E-state index in [0.717, 1.165) is 29.5 Å². The van der Waals surface area contributed by atoms with Crippen LogP contribution < -0.4 is 4.74 Å². The van der Waals surface area contributed by atoms with Crippen molar-refractivity contribution < 1.29 is 14.3 Å². The Kier molecular flexibility index (Phi) is 6.63. The summed E-state index contributed by atoms with van der Waals surface area (Å²) in [6.45, 7) is 4.95. The van der Waals surface area contributed by atoms with E-state index in [2.05, 4.69) is 42.2 Å². The van der Waals surface area contributed by atoms with Gasteiger partial charge in [-0.25, -0.2) is 9.78 Å². The molecule has 0 aliphatic heterocycles. The van der Waals surface area contributed by atoms with Crippen LogP contribution in [0.15, 0.2) is 66.9 Å². The zero-order valence-electron chi connectivity index (χ0n) is 17.8. The quantitative estimate of drug-likeness (QED) is 0.298. The van der Waals surface area contributed by atoms with Crippen molar-refractivity contribution in [2.75, 3.05) is 13.2 Å². The number of pyridine rings is 1. The molecule has 2 aromatic carbocycles. The molecule has 0 N–H and O–H groups in total. The van der Waals surface area contributed by atoms with Gasteiger partial charge in [0.05, 0.1) is 18.8 Å². The van der Waals surface area contributed by atoms with Crippen molar-refractivity contribution >= 4 is 27.4 Å². The molecule has 5 heteroatoms. The highest BCUT2D eigenvalue weighted by molar-refractivity contribution is 7.19. The Hall–Kier alpha value is -3.18. The molecular weight excluding hydrogens is 406 g/mol. The van der Waals surface area contributed by atoms with Crippen molar-refractivity contribution in [3.05, 3.63) is 82.9 Å². The third-order valence-electron chi connectivity index (χ3n) is 4.91. The Morgan fingerprint density at radius 1 is 1.03 bits per heavy atom. The maximum Gasteiger partial charge on any atom is 0.338 e. The van der Waals surface area contributed by atoms with E-state index in [9.17, 15) is 4.79 Å². The van der Waals surface area contributed by atoms with Gasteiger partial charge in [0, 0.05) is 28.3 Å². The van der Waals surface area contributed by atoms with Crippen molar-refractivity contribution in [2.45, 2.75) is 26.7 Å². The van der Waals surface area contributed by atoms with E-state index in [1.807, 2.05) is 37.4 Å². The average molecular weight is 432 g/mol. The van der Waals surface area contributed by atoms with E-state index in [1.165, 1.54) is 15.0 Å². The molecular formula is C26H25NO3S. The van der Waals surface area contributed by atoms with Gasteiger partial charge < -0.3 is 9.47 Å². The molecule has 0 radical (unpaired) electrons. The highest BCUT2D eigenvalue weighted by Crippen LogP contribution is 2.36. The summed E-state index contributed by atoms with van der Waals surface area (Å²) < 4.78 is 11.9. The molecule has 31 heavy (non-hydrogen) atoms.